The van der Waals surface area contributed by atoms with E-state index in [-0.39, 0.29) is 5.56 Å². The Morgan fingerprint density at radius 3 is 3.00 bits per heavy atom. The Balaban J connectivity index is 2.97. The number of fused-ring (bicyclic) bond motifs is 1. The Bertz CT molecular complexity index is 488. The zero-order valence-corrected chi connectivity index (χ0v) is 8.07. The Kier molecular flexibility index (Phi) is 1.73. The molecule has 0 aliphatic heterocycles. The molecule has 3 nitrogen and oxygen atoms in total. The van der Waals surface area contributed by atoms with Crippen LogP contribution in [-0.4, -0.2) is 5.16 Å². The first kappa shape index (κ1) is 7.89. The number of aromatic nitrogens is 1. The third-order valence-electron chi connectivity index (χ3n) is 1.52. The number of aromatic amines is 1. The van der Waals surface area contributed by atoms with Crippen molar-refractivity contribution in [3.8, 4) is 0 Å². The molecule has 62 valence electrons. The summed E-state index contributed by atoms with van der Waals surface area (Å²) < 4.78 is 5.57. The van der Waals surface area contributed by atoms with Crippen LogP contribution in [0.2, 0.25) is 5.02 Å². The summed E-state index contributed by atoms with van der Waals surface area (Å²) in [6, 6.07) is 3.21. The summed E-state index contributed by atoms with van der Waals surface area (Å²) in [5.74, 6) is 0. The van der Waals surface area contributed by atoms with Crippen molar-refractivity contribution in [3.63, 3.8) is 0 Å². The second kappa shape index (κ2) is 2.64. The number of hydrogen-bond donors (Lipinski definition) is 1. The zero-order valence-electron chi connectivity index (χ0n) is 5.73. The van der Waals surface area contributed by atoms with Crippen LogP contribution < -0.4 is 5.56 Å². The third kappa shape index (κ3) is 1.07. The molecule has 1 aromatic carbocycles. The quantitative estimate of drug-likeness (QED) is 0.779. The normalized spacial score (nSPS) is 10.8. The molecule has 0 saturated carbocycles. The minimum atomic E-state index is -0.264. The Morgan fingerprint density at radius 1 is 1.50 bits per heavy atom. The smallest absolute Gasteiger partial charge is 0.287 e. The Morgan fingerprint density at radius 2 is 2.25 bits per heavy atom. The summed E-state index contributed by atoms with van der Waals surface area (Å²) in [4.78, 5) is 11.0. The van der Waals surface area contributed by atoms with Gasteiger partial charge in [-0.05, 0) is 28.1 Å². The maximum absolute atomic E-state index is 11.0. The molecule has 0 aliphatic rings. The highest BCUT2D eigenvalue weighted by Gasteiger charge is 2.06. The lowest BCUT2D eigenvalue weighted by atomic mass is 10.3. The molecule has 0 unspecified atom stereocenters. The lowest BCUT2D eigenvalue weighted by Gasteiger charge is -1.91. The van der Waals surface area contributed by atoms with Gasteiger partial charge in [-0.25, -0.2) is 0 Å². The predicted molar refractivity (Wildman–Crippen MR) is 49.5 cm³/mol. The van der Waals surface area contributed by atoms with Crippen molar-refractivity contribution in [1.82, 2.24) is 5.16 Å². The summed E-state index contributed by atoms with van der Waals surface area (Å²) >= 11 is 8.99. The minimum Gasteiger partial charge on any atom is -0.378 e. The lowest BCUT2D eigenvalue weighted by molar-refractivity contribution is 0.449. The minimum absolute atomic E-state index is 0.264. The first-order valence-electron chi connectivity index (χ1n) is 3.15. The standard InChI is InChI=1S/C7H3BrClNO2/c8-4-2-6-3(1-5(4)9)7(11)10-12-6/h1-2H,(H,10,11). The van der Waals surface area contributed by atoms with Crippen LogP contribution in [-0.2, 0) is 0 Å². The van der Waals surface area contributed by atoms with Gasteiger partial charge in [0.05, 0.1) is 10.4 Å². The molecule has 0 bridgehead atoms. The molecule has 1 aromatic heterocycles. The van der Waals surface area contributed by atoms with Gasteiger partial charge >= 0.3 is 0 Å². The Hall–Kier alpha value is -0.740. The summed E-state index contributed by atoms with van der Waals surface area (Å²) in [5, 5.41) is 3.18. The topological polar surface area (TPSA) is 46.0 Å². The van der Waals surface area contributed by atoms with Crippen molar-refractivity contribution < 1.29 is 4.52 Å². The molecular weight excluding hydrogens is 245 g/mol. The fourth-order valence-corrected chi connectivity index (χ4v) is 1.43. The first-order chi connectivity index (χ1) is 5.68. The second-order valence-corrected chi connectivity index (χ2v) is 3.56. The van der Waals surface area contributed by atoms with Crippen LogP contribution in [0, 0.1) is 0 Å². The van der Waals surface area contributed by atoms with E-state index in [0.717, 1.165) is 0 Å². The van der Waals surface area contributed by atoms with Crippen LogP contribution >= 0.6 is 27.5 Å². The maximum atomic E-state index is 11.0. The Labute approximate surface area is 80.4 Å². The van der Waals surface area contributed by atoms with E-state index >= 15 is 0 Å². The van der Waals surface area contributed by atoms with E-state index in [0.29, 0.717) is 20.5 Å². The van der Waals surface area contributed by atoms with E-state index in [1.54, 1.807) is 12.1 Å². The summed E-state index contributed by atoms with van der Waals surface area (Å²) in [5.41, 5.74) is 0.232. The molecule has 1 heterocycles. The number of rotatable bonds is 0. The van der Waals surface area contributed by atoms with Crippen molar-refractivity contribution in [3.05, 3.63) is 32.0 Å². The van der Waals surface area contributed by atoms with Crippen LogP contribution in [0.5, 0.6) is 0 Å². The number of halogens is 2. The van der Waals surface area contributed by atoms with Gasteiger partial charge in [-0.1, -0.05) is 11.6 Å². The van der Waals surface area contributed by atoms with E-state index in [4.69, 9.17) is 16.1 Å². The number of hydrogen-bond acceptors (Lipinski definition) is 2. The van der Waals surface area contributed by atoms with Gasteiger partial charge in [0.25, 0.3) is 5.56 Å². The molecule has 0 atom stereocenters. The molecule has 1 N–H and O–H groups in total. The third-order valence-corrected chi connectivity index (χ3v) is 2.72. The van der Waals surface area contributed by atoms with Gasteiger partial charge in [-0.2, -0.15) is 5.16 Å². The van der Waals surface area contributed by atoms with Gasteiger partial charge in [0.15, 0.2) is 5.58 Å². The van der Waals surface area contributed by atoms with Crippen LogP contribution in [0.4, 0.5) is 0 Å². The van der Waals surface area contributed by atoms with E-state index in [1.165, 1.54) is 0 Å². The van der Waals surface area contributed by atoms with Crippen molar-refractivity contribution >= 4 is 38.5 Å². The largest absolute Gasteiger partial charge is 0.378 e. The van der Waals surface area contributed by atoms with Gasteiger partial charge in [-0.3, -0.25) is 4.79 Å². The van der Waals surface area contributed by atoms with Crippen molar-refractivity contribution in [2.45, 2.75) is 0 Å². The molecule has 0 radical (unpaired) electrons. The molecule has 0 amide bonds. The van der Waals surface area contributed by atoms with Crippen molar-refractivity contribution in [1.29, 1.82) is 0 Å². The number of benzene rings is 1. The average Bonchev–Trinajstić information content (AvgIpc) is 2.35. The second-order valence-electron chi connectivity index (χ2n) is 2.30. The van der Waals surface area contributed by atoms with Crippen LogP contribution in [0.3, 0.4) is 0 Å². The zero-order chi connectivity index (χ0) is 8.72. The fourth-order valence-electron chi connectivity index (χ4n) is 0.947. The van der Waals surface area contributed by atoms with Gasteiger partial charge in [0.2, 0.25) is 0 Å². The molecule has 0 spiro atoms. The molecule has 5 heteroatoms. The maximum Gasteiger partial charge on any atom is 0.287 e. The van der Waals surface area contributed by atoms with Crippen molar-refractivity contribution in [2.75, 3.05) is 0 Å². The van der Waals surface area contributed by atoms with E-state index < -0.39 is 0 Å². The van der Waals surface area contributed by atoms with Gasteiger partial charge < -0.3 is 4.52 Å². The molecule has 12 heavy (non-hydrogen) atoms. The summed E-state index contributed by atoms with van der Waals surface area (Å²) in [6.07, 6.45) is 0. The molecule has 0 fully saturated rings. The van der Waals surface area contributed by atoms with E-state index in [9.17, 15) is 4.79 Å². The van der Waals surface area contributed by atoms with Gasteiger partial charge in [-0.15, -0.1) is 0 Å². The van der Waals surface area contributed by atoms with E-state index in [1.807, 2.05) is 0 Å². The van der Waals surface area contributed by atoms with Gasteiger partial charge in [0, 0.05) is 4.47 Å². The lowest BCUT2D eigenvalue weighted by Crippen LogP contribution is -1.95. The highest BCUT2D eigenvalue weighted by Crippen LogP contribution is 2.26. The van der Waals surface area contributed by atoms with Crippen molar-refractivity contribution in [2.24, 2.45) is 0 Å². The van der Waals surface area contributed by atoms with Gasteiger partial charge in [0.1, 0.15) is 0 Å². The molecule has 2 aromatic rings. The molecular formula is C7H3BrClNO2. The predicted octanol–water partition coefficient (Wildman–Crippen LogP) is 2.54. The summed E-state index contributed by atoms with van der Waals surface area (Å²) in [6.45, 7) is 0. The fraction of sp³-hybridized carbons (Fsp3) is 0. The SMILES string of the molecule is O=c1[nH]oc2cc(Br)c(Cl)cc12. The number of nitrogens with one attached hydrogen (secondary N) is 1. The number of H-pyrrole nitrogens is 1. The first-order valence-corrected chi connectivity index (χ1v) is 4.32. The molecule has 0 aliphatic carbocycles. The average molecular weight is 248 g/mol. The summed E-state index contributed by atoms with van der Waals surface area (Å²) in [7, 11) is 0. The van der Waals surface area contributed by atoms with E-state index in [2.05, 4.69) is 21.1 Å². The highest BCUT2D eigenvalue weighted by atomic mass is 79.9. The van der Waals surface area contributed by atoms with Crippen LogP contribution in [0.1, 0.15) is 0 Å². The molecule has 2 rings (SSSR count). The van der Waals surface area contributed by atoms with Crippen LogP contribution in [0.15, 0.2) is 25.9 Å². The highest BCUT2D eigenvalue weighted by molar-refractivity contribution is 9.10. The monoisotopic (exact) mass is 247 g/mol. The van der Waals surface area contributed by atoms with Crippen LogP contribution in [0.25, 0.3) is 11.0 Å². The molecule has 0 saturated heterocycles.